The lowest BCUT2D eigenvalue weighted by Crippen LogP contribution is -2.59. The summed E-state index contributed by atoms with van der Waals surface area (Å²) in [7, 11) is 0. The molecule has 26 heavy (non-hydrogen) atoms. The first-order valence-electron chi connectivity index (χ1n) is 8.35. The van der Waals surface area contributed by atoms with Gasteiger partial charge < -0.3 is 14.5 Å². The fraction of sp³-hybridized carbons (Fsp3) is 0.556. The van der Waals surface area contributed by atoms with Gasteiger partial charge in [-0.05, 0) is 39.3 Å². The SMILES string of the molecule is CC(C)(C)OC(=O)N1CCN2C(=O)c3c(C(F)(F)F)cccc3C2(C)C1. The van der Waals surface area contributed by atoms with Crippen LogP contribution in [0.3, 0.4) is 0 Å². The summed E-state index contributed by atoms with van der Waals surface area (Å²) in [4.78, 5) is 28.0. The van der Waals surface area contributed by atoms with Crippen molar-refractivity contribution in [2.75, 3.05) is 19.6 Å². The first-order valence-corrected chi connectivity index (χ1v) is 8.35. The van der Waals surface area contributed by atoms with Crippen LogP contribution >= 0.6 is 0 Å². The van der Waals surface area contributed by atoms with Crippen molar-refractivity contribution in [2.24, 2.45) is 0 Å². The van der Waals surface area contributed by atoms with Crippen LogP contribution in [0.4, 0.5) is 18.0 Å². The van der Waals surface area contributed by atoms with E-state index in [9.17, 15) is 22.8 Å². The molecule has 0 aliphatic carbocycles. The van der Waals surface area contributed by atoms with E-state index in [1.165, 1.54) is 21.9 Å². The number of benzene rings is 1. The molecule has 2 heterocycles. The number of ether oxygens (including phenoxy) is 1. The quantitative estimate of drug-likeness (QED) is 0.701. The molecular formula is C18H21F3N2O3. The highest BCUT2D eigenvalue weighted by molar-refractivity contribution is 6.02. The van der Waals surface area contributed by atoms with Crippen LogP contribution in [0.25, 0.3) is 0 Å². The van der Waals surface area contributed by atoms with Crippen LogP contribution in [0.15, 0.2) is 18.2 Å². The summed E-state index contributed by atoms with van der Waals surface area (Å²) < 4.78 is 45.4. The van der Waals surface area contributed by atoms with E-state index in [2.05, 4.69) is 0 Å². The molecule has 1 aromatic carbocycles. The average molecular weight is 370 g/mol. The highest BCUT2D eigenvalue weighted by Crippen LogP contribution is 2.46. The number of alkyl halides is 3. The summed E-state index contributed by atoms with van der Waals surface area (Å²) in [5.41, 5.74) is -2.64. The summed E-state index contributed by atoms with van der Waals surface area (Å²) in [6, 6.07) is 3.75. The molecule has 1 unspecified atom stereocenters. The van der Waals surface area contributed by atoms with Crippen LogP contribution in [0.1, 0.15) is 49.2 Å². The van der Waals surface area contributed by atoms with Gasteiger partial charge in [-0.15, -0.1) is 0 Å². The van der Waals surface area contributed by atoms with E-state index in [0.717, 1.165) is 6.07 Å². The molecule has 0 radical (unpaired) electrons. The first kappa shape index (κ1) is 18.5. The van der Waals surface area contributed by atoms with Crippen LogP contribution in [0, 0.1) is 0 Å². The van der Waals surface area contributed by atoms with Crippen molar-refractivity contribution in [1.82, 2.24) is 9.80 Å². The molecule has 3 rings (SSSR count). The van der Waals surface area contributed by atoms with E-state index in [-0.39, 0.29) is 25.2 Å². The largest absolute Gasteiger partial charge is 0.444 e. The lowest BCUT2D eigenvalue weighted by atomic mass is 9.88. The van der Waals surface area contributed by atoms with Crippen LogP contribution in [-0.4, -0.2) is 47.0 Å². The summed E-state index contributed by atoms with van der Waals surface area (Å²) in [6.07, 6.45) is -5.15. The number of hydrogen-bond donors (Lipinski definition) is 0. The van der Waals surface area contributed by atoms with Gasteiger partial charge in [-0.2, -0.15) is 13.2 Å². The molecule has 0 aromatic heterocycles. The fourth-order valence-corrected chi connectivity index (χ4v) is 3.64. The minimum atomic E-state index is -4.61. The summed E-state index contributed by atoms with van der Waals surface area (Å²) in [5.74, 6) is -0.640. The molecule has 142 valence electrons. The fourth-order valence-electron chi connectivity index (χ4n) is 3.64. The first-order chi connectivity index (χ1) is 11.8. The number of amides is 2. The average Bonchev–Trinajstić information content (AvgIpc) is 2.72. The van der Waals surface area contributed by atoms with Crippen LogP contribution in [0.5, 0.6) is 0 Å². The van der Waals surface area contributed by atoms with E-state index < -0.39 is 34.9 Å². The monoisotopic (exact) mass is 370 g/mol. The second-order valence-electron chi connectivity index (χ2n) is 7.86. The molecular weight excluding hydrogens is 349 g/mol. The molecule has 0 saturated carbocycles. The summed E-state index contributed by atoms with van der Waals surface area (Å²) in [5, 5.41) is 0. The van der Waals surface area contributed by atoms with Gasteiger partial charge >= 0.3 is 12.3 Å². The van der Waals surface area contributed by atoms with E-state index in [1.807, 2.05) is 0 Å². The Bertz CT molecular complexity index is 770. The Morgan fingerprint density at radius 3 is 2.42 bits per heavy atom. The molecule has 0 bridgehead atoms. The van der Waals surface area contributed by atoms with Gasteiger partial charge in [-0.3, -0.25) is 4.79 Å². The van der Waals surface area contributed by atoms with E-state index in [0.29, 0.717) is 5.56 Å². The molecule has 0 N–H and O–H groups in total. The number of fused-ring (bicyclic) bond motifs is 3. The Balaban J connectivity index is 1.99. The summed E-state index contributed by atoms with van der Waals surface area (Å²) in [6.45, 7) is 7.37. The molecule has 2 amide bonds. The maximum absolute atomic E-state index is 13.4. The second-order valence-corrected chi connectivity index (χ2v) is 7.86. The number of piperazine rings is 1. The van der Waals surface area contributed by atoms with Crippen LogP contribution < -0.4 is 0 Å². The molecule has 2 aliphatic heterocycles. The smallest absolute Gasteiger partial charge is 0.417 e. The van der Waals surface area contributed by atoms with Crippen LogP contribution in [-0.2, 0) is 16.5 Å². The van der Waals surface area contributed by atoms with Crippen molar-refractivity contribution >= 4 is 12.0 Å². The van der Waals surface area contributed by atoms with E-state index in [1.54, 1.807) is 27.7 Å². The van der Waals surface area contributed by atoms with Crippen molar-refractivity contribution in [3.8, 4) is 0 Å². The van der Waals surface area contributed by atoms with Gasteiger partial charge in [0.25, 0.3) is 5.91 Å². The van der Waals surface area contributed by atoms with Gasteiger partial charge in [0.2, 0.25) is 0 Å². The van der Waals surface area contributed by atoms with Crippen molar-refractivity contribution in [3.63, 3.8) is 0 Å². The molecule has 1 saturated heterocycles. The highest BCUT2D eigenvalue weighted by atomic mass is 19.4. The summed E-state index contributed by atoms with van der Waals surface area (Å²) >= 11 is 0. The highest BCUT2D eigenvalue weighted by Gasteiger charge is 2.53. The van der Waals surface area contributed by atoms with E-state index >= 15 is 0 Å². The zero-order chi connectivity index (χ0) is 19.5. The molecule has 0 spiro atoms. The van der Waals surface area contributed by atoms with Gasteiger partial charge in [0.1, 0.15) is 5.60 Å². The Hall–Kier alpha value is -2.25. The minimum Gasteiger partial charge on any atom is -0.444 e. The third-order valence-corrected chi connectivity index (χ3v) is 4.75. The lowest BCUT2D eigenvalue weighted by molar-refractivity contribution is -0.137. The number of carbonyl (C=O) groups is 2. The van der Waals surface area contributed by atoms with Gasteiger partial charge in [0, 0.05) is 13.1 Å². The van der Waals surface area contributed by atoms with Gasteiger partial charge in [0.15, 0.2) is 0 Å². The molecule has 1 aromatic rings. The Morgan fingerprint density at radius 1 is 1.19 bits per heavy atom. The maximum Gasteiger partial charge on any atom is 0.417 e. The number of halogens is 3. The van der Waals surface area contributed by atoms with E-state index in [4.69, 9.17) is 4.74 Å². The molecule has 1 atom stereocenters. The predicted octanol–water partition coefficient (Wildman–Crippen LogP) is 3.63. The minimum absolute atomic E-state index is 0.0853. The van der Waals surface area contributed by atoms with Gasteiger partial charge in [-0.25, -0.2) is 4.79 Å². The lowest BCUT2D eigenvalue weighted by Gasteiger charge is -2.45. The molecule has 8 heteroatoms. The van der Waals surface area contributed by atoms with Crippen molar-refractivity contribution in [2.45, 2.75) is 45.0 Å². The number of nitrogens with zero attached hydrogens (tertiary/aromatic N) is 2. The maximum atomic E-state index is 13.4. The van der Waals surface area contributed by atoms with Crippen LogP contribution in [0.2, 0.25) is 0 Å². The second kappa shape index (κ2) is 5.62. The van der Waals surface area contributed by atoms with Crippen molar-refractivity contribution in [3.05, 3.63) is 34.9 Å². The Kier molecular flexibility index (Phi) is 4.01. The zero-order valence-corrected chi connectivity index (χ0v) is 15.1. The zero-order valence-electron chi connectivity index (χ0n) is 15.1. The standard InChI is InChI=1S/C18H21F3N2O3/c1-16(2,3)26-15(25)22-8-9-23-14(24)13-11(17(23,4)10-22)6-5-7-12(13)18(19,20)21/h5-7H,8-10H2,1-4H3. The topological polar surface area (TPSA) is 49.9 Å². The number of rotatable bonds is 0. The van der Waals surface area contributed by atoms with Crippen molar-refractivity contribution < 1.29 is 27.5 Å². The van der Waals surface area contributed by atoms with Crippen molar-refractivity contribution in [1.29, 1.82) is 0 Å². The Labute approximate surface area is 149 Å². The van der Waals surface area contributed by atoms with Gasteiger partial charge in [-0.1, -0.05) is 12.1 Å². The Morgan fingerprint density at radius 2 is 1.85 bits per heavy atom. The molecule has 1 fully saturated rings. The number of hydrogen-bond acceptors (Lipinski definition) is 3. The third-order valence-electron chi connectivity index (χ3n) is 4.75. The number of carbonyl (C=O) groups excluding carboxylic acids is 2. The molecule has 2 aliphatic rings. The van der Waals surface area contributed by atoms with Gasteiger partial charge in [0.05, 0.1) is 23.2 Å². The third kappa shape index (κ3) is 2.91. The normalized spacial score (nSPS) is 23.0. The predicted molar refractivity (Wildman–Crippen MR) is 87.6 cm³/mol. The molecule has 5 nitrogen and oxygen atoms in total.